The van der Waals surface area contributed by atoms with Gasteiger partial charge in [-0.05, 0) is 48.8 Å². The number of nitrogens with zero attached hydrogens (tertiary/aromatic N) is 3. The second kappa shape index (κ2) is 15.5. The smallest absolute Gasteiger partial charge is 0.407 e. The summed E-state index contributed by atoms with van der Waals surface area (Å²) in [5.74, 6) is 0.179. The van der Waals surface area contributed by atoms with Crippen LogP contribution in [-0.4, -0.2) is 123 Å². The standard InChI is InChI=1S/C34H48N4O10S/c1-34(2,15-9-16-35-32(40)36(3)4)21-37(49(43,44)29-13-8-12-28-30(29)48-22-47-28)19-27(39)25(18-23-10-6-5-7-11-23)38(33(41)42)26-20-46-31-24(26)14-17-45-31/h5-8,10-13,24-27,31,39H,9,14-22H2,1-4H3,(H,35,40)(H,41,42)/t24-,25-,26-,27+,31+/m0/s1. The second-order valence-corrected chi connectivity index (χ2v) is 15.7. The first kappa shape index (κ1) is 36.6. The third kappa shape index (κ3) is 8.58. The van der Waals surface area contributed by atoms with E-state index in [2.05, 4.69) is 5.32 Å². The van der Waals surface area contributed by atoms with Crippen LogP contribution >= 0.6 is 0 Å². The lowest BCUT2D eigenvalue weighted by atomic mass is 9.87. The van der Waals surface area contributed by atoms with Crippen LogP contribution in [0.3, 0.4) is 0 Å². The number of aliphatic hydroxyl groups is 1. The molecule has 3 heterocycles. The number of aliphatic hydroxyl groups excluding tert-OH is 1. The molecular formula is C34H48N4O10S. The number of rotatable bonds is 15. The first-order valence-corrected chi connectivity index (χ1v) is 18.0. The Kier molecular flexibility index (Phi) is 11.6. The molecule has 15 heteroatoms. The van der Waals surface area contributed by atoms with E-state index in [0.717, 1.165) is 5.56 Å². The molecule has 0 radical (unpaired) electrons. The fourth-order valence-electron chi connectivity index (χ4n) is 6.83. The van der Waals surface area contributed by atoms with E-state index in [4.69, 9.17) is 18.9 Å². The molecule has 14 nitrogen and oxygen atoms in total. The van der Waals surface area contributed by atoms with Crippen LogP contribution in [0, 0.1) is 11.3 Å². The minimum atomic E-state index is -4.31. The number of carbonyl (C=O) groups is 2. The van der Waals surface area contributed by atoms with E-state index in [9.17, 15) is 28.2 Å². The summed E-state index contributed by atoms with van der Waals surface area (Å²) in [6.07, 6.45) is -1.31. The Hall–Kier alpha value is -3.63. The molecule has 5 atom stereocenters. The molecule has 3 aliphatic heterocycles. The fourth-order valence-corrected chi connectivity index (χ4v) is 8.63. The van der Waals surface area contributed by atoms with Crippen LogP contribution in [0.1, 0.15) is 38.7 Å². The molecule has 0 aromatic heterocycles. The highest BCUT2D eigenvalue weighted by Gasteiger charge is 2.49. The molecule has 3 aliphatic rings. The van der Waals surface area contributed by atoms with E-state index in [-0.39, 0.29) is 49.0 Å². The lowest BCUT2D eigenvalue weighted by Gasteiger charge is -2.40. The van der Waals surface area contributed by atoms with Crippen molar-refractivity contribution in [2.45, 2.75) is 68.9 Å². The van der Waals surface area contributed by atoms with Gasteiger partial charge in [-0.2, -0.15) is 4.31 Å². The van der Waals surface area contributed by atoms with Crippen molar-refractivity contribution >= 4 is 22.1 Å². The van der Waals surface area contributed by atoms with Crippen molar-refractivity contribution in [2.24, 2.45) is 11.3 Å². The van der Waals surface area contributed by atoms with E-state index < -0.39 is 52.6 Å². The number of nitrogens with one attached hydrogen (secondary N) is 1. The van der Waals surface area contributed by atoms with Gasteiger partial charge in [-0.15, -0.1) is 0 Å². The molecule has 3 amide bonds. The molecule has 0 saturated carbocycles. The van der Waals surface area contributed by atoms with Gasteiger partial charge in [0.15, 0.2) is 17.8 Å². The monoisotopic (exact) mass is 704 g/mol. The summed E-state index contributed by atoms with van der Waals surface area (Å²) in [6.45, 7) is 4.26. The Morgan fingerprint density at radius 2 is 1.82 bits per heavy atom. The SMILES string of the molecule is CN(C)C(=O)NCCCC(C)(C)CN(C[C@@H](O)[C@H](Cc1ccccc1)N(C(=O)O)[C@H]1CO[C@H]2OCC[C@H]21)S(=O)(=O)c1cccc2c1OCO2. The Morgan fingerprint density at radius 1 is 1.06 bits per heavy atom. The first-order chi connectivity index (χ1) is 23.3. The number of amides is 3. The molecule has 0 spiro atoms. The number of fused-ring (bicyclic) bond motifs is 2. The number of carboxylic acid groups (broad SMARTS) is 1. The largest absolute Gasteiger partial charge is 0.465 e. The van der Waals surface area contributed by atoms with Gasteiger partial charge in [-0.25, -0.2) is 18.0 Å². The maximum Gasteiger partial charge on any atom is 0.407 e. The number of hydrogen-bond acceptors (Lipinski definition) is 9. The zero-order valence-electron chi connectivity index (χ0n) is 28.5. The summed E-state index contributed by atoms with van der Waals surface area (Å²) < 4.78 is 52.8. The topological polar surface area (TPSA) is 167 Å². The Balaban J connectivity index is 1.46. The lowest BCUT2D eigenvalue weighted by Crippen LogP contribution is -2.58. The van der Waals surface area contributed by atoms with Gasteiger partial charge in [0.1, 0.15) is 4.90 Å². The van der Waals surface area contributed by atoms with Crippen LogP contribution in [0.15, 0.2) is 53.4 Å². The van der Waals surface area contributed by atoms with Gasteiger partial charge < -0.3 is 39.4 Å². The Morgan fingerprint density at radius 3 is 2.53 bits per heavy atom. The third-order valence-electron chi connectivity index (χ3n) is 9.36. The van der Waals surface area contributed by atoms with Crippen molar-refractivity contribution in [3.8, 4) is 11.5 Å². The van der Waals surface area contributed by atoms with Crippen LogP contribution < -0.4 is 14.8 Å². The Labute approximate surface area is 287 Å². The zero-order valence-corrected chi connectivity index (χ0v) is 29.3. The number of urea groups is 1. The minimum Gasteiger partial charge on any atom is -0.465 e. The van der Waals surface area contributed by atoms with Gasteiger partial charge in [-0.3, -0.25) is 4.90 Å². The molecule has 2 aromatic rings. The molecule has 2 saturated heterocycles. The zero-order chi connectivity index (χ0) is 35.3. The summed E-state index contributed by atoms with van der Waals surface area (Å²) in [5.41, 5.74) is 0.178. The van der Waals surface area contributed by atoms with Gasteiger partial charge >= 0.3 is 12.1 Å². The summed E-state index contributed by atoms with van der Waals surface area (Å²) in [4.78, 5) is 27.6. The van der Waals surface area contributed by atoms with Gasteiger partial charge in [0.2, 0.25) is 16.8 Å². The number of sulfonamides is 1. The van der Waals surface area contributed by atoms with Gasteiger partial charge in [0.05, 0.1) is 31.4 Å². The molecule has 0 bridgehead atoms. The quantitative estimate of drug-likeness (QED) is 0.234. The second-order valence-electron chi connectivity index (χ2n) is 13.8. The van der Waals surface area contributed by atoms with Crippen LogP contribution in [-0.2, 0) is 25.9 Å². The maximum atomic E-state index is 14.5. The van der Waals surface area contributed by atoms with Crippen LogP contribution in [0.25, 0.3) is 0 Å². The van der Waals surface area contributed by atoms with Crippen LogP contribution in [0.2, 0.25) is 0 Å². The number of carbonyl (C=O) groups excluding carboxylic acids is 1. The molecular weight excluding hydrogens is 656 g/mol. The number of benzene rings is 2. The average molecular weight is 705 g/mol. The molecule has 0 unspecified atom stereocenters. The average Bonchev–Trinajstić information content (AvgIpc) is 3.81. The summed E-state index contributed by atoms with van der Waals surface area (Å²) in [6, 6.07) is 12.0. The highest BCUT2D eigenvalue weighted by molar-refractivity contribution is 7.89. The van der Waals surface area contributed by atoms with E-state index in [1.54, 1.807) is 26.2 Å². The van der Waals surface area contributed by atoms with Crippen molar-refractivity contribution in [1.29, 1.82) is 0 Å². The first-order valence-electron chi connectivity index (χ1n) is 16.6. The van der Waals surface area contributed by atoms with E-state index >= 15 is 0 Å². The molecule has 49 heavy (non-hydrogen) atoms. The van der Waals surface area contributed by atoms with Crippen LogP contribution in [0.5, 0.6) is 11.5 Å². The van der Waals surface area contributed by atoms with Crippen LogP contribution in [0.4, 0.5) is 9.59 Å². The van der Waals surface area contributed by atoms with E-state index in [0.29, 0.717) is 38.2 Å². The highest BCUT2D eigenvalue weighted by atomic mass is 32.2. The third-order valence-corrected chi connectivity index (χ3v) is 11.2. The highest BCUT2D eigenvalue weighted by Crippen LogP contribution is 2.41. The molecule has 2 fully saturated rings. The number of para-hydroxylation sites is 1. The van der Waals surface area contributed by atoms with Crippen molar-refractivity contribution < 1.29 is 47.2 Å². The predicted octanol–water partition coefficient (Wildman–Crippen LogP) is 3.20. The Bertz CT molecular complexity index is 1560. The van der Waals surface area contributed by atoms with Crippen molar-refractivity contribution in [2.75, 3.05) is 53.7 Å². The van der Waals surface area contributed by atoms with Crippen molar-refractivity contribution in [1.82, 2.24) is 19.4 Å². The van der Waals surface area contributed by atoms with Crippen molar-refractivity contribution in [3.63, 3.8) is 0 Å². The van der Waals surface area contributed by atoms with Gasteiger partial charge in [0, 0.05) is 39.6 Å². The lowest BCUT2D eigenvalue weighted by molar-refractivity contribution is -0.0906. The predicted molar refractivity (Wildman–Crippen MR) is 179 cm³/mol. The normalized spacial score (nSPS) is 21.3. The minimum absolute atomic E-state index is 0.00521. The maximum absolute atomic E-state index is 14.5. The number of hydrogen-bond donors (Lipinski definition) is 3. The number of ether oxygens (including phenoxy) is 4. The molecule has 0 aliphatic carbocycles. The van der Waals surface area contributed by atoms with E-state index in [1.165, 1.54) is 20.2 Å². The molecule has 3 N–H and O–H groups in total. The van der Waals surface area contributed by atoms with Gasteiger partial charge in [0.25, 0.3) is 0 Å². The fraction of sp³-hybridized carbons (Fsp3) is 0.588. The van der Waals surface area contributed by atoms with Crippen molar-refractivity contribution in [3.05, 3.63) is 54.1 Å². The summed E-state index contributed by atoms with van der Waals surface area (Å²) in [5, 5.41) is 25.6. The molecule has 2 aromatic carbocycles. The molecule has 270 valence electrons. The van der Waals surface area contributed by atoms with Gasteiger partial charge in [-0.1, -0.05) is 50.2 Å². The summed E-state index contributed by atoms with van der Waals surface area (Å²) in [7, 11) is -1.01. The van der Waals surface area contributed by atoms with E-state index in [1.807, 2.05) is 44.2 Å². The molecule has 5 rings (SSSR count). The summed E-state index contributed by atoms with van der Waals surface area (Å²) >= 11 is 0.